The summed E-state index contributed by atoms with van der Waals surface area (Å²) < 4.78 is 0. The second kappa shape index (κ2) is 18.5. The van der Waals surface area contributed by atoms with Crippen LogP contribution in [0.15, 0.2) is 198 Å². The lowest BCUT2D eigenvalue weighted by molar-refractivity contribution is 0.833. The summed E-state index contributed by atoms with van der Waals surface area (Å²) in [6.07, 6.45) is 25.6. The number of allylic oxidation sites excluding steroid dienone is 14. The molecule has 0 radical (unpaired) electrons. The number of nitrogens with zero attached hydrogens (tertiary/aromatic N) is 2. The average molecular weight is 679 g/mol. The molecule has 2 N–H and O–H groups in total. The van der Waals surface area contributed by atoms with Crippen molar-refractivity contribution < 1.29 is 0 Å². The third-order valence-corrected chi connectivity index (χ3v) is 8.65. The van der Waals surface area contributed by atoms with Crippen molar-refractivity contribution in [1.29, 1.82) is 10.8 Å². The number of amidine groups is 1. The van der Waals surface area contributed by atoms with Crippen molar-refractivity contribution in [3.05, 3.63) is 204 Å². The second-order valence-electron chi connectivity index (χ2n) is 12.4. The largest absolute Gasteiger partial charge is 0.300 e. The molecule has 52 heavy (non-hydrogen) atoms. The Morgan fingerprint density at radius 1 is 0.750 bits per heavy atom. The number of rotatable bonds is 15. The first-order valence-corrected chi connectivity index (χ1v) is 17.0. The van der Waals surface area contributed by atoms with Crippen LogP contribution in [0.2, 0.25) is 0 Å². The van der Waals surface area contributed by atoms with Crippen LogP contribution in [-0.2, 0) is 0 Å². The smallest absolute Gasteiger partial charge is 0.151 e. The van der Waals surface area contributed by atoms with Gasteiger partial charge in [-0.25, -0.2) is 4.99 Å². The molecular weight excluding hydrogens is 633 g/mol. The van der Waals surface area contributed by atoms with Gasteiger partial charge >= 0.3 is 0 Å². The lowest BCUT2D eigenvalue weighted by atomic mass is 9.86. The van der Waals surface area contributed by atoms with Crippen molar-refractivity contribution in [2.75, 3.05) is 0 Å². The van der Waals surface area contributed by atoms with E-state index >= 15 is 0 Å². The molecule has 4 heteroatoms. The second-order valence-corrected chi connectivity index (χ2v) is 12.4. The van der Waals surface area contributed by atoms with Crippen LogP contribution in [-0.4, -0.2) is 24.0 Å². The molecule has 1 aliphatic carbocycles. The van der Waals surface area contributed by atoms with Crippen molar-refractivity contribution in [3.8, 4) is 0 Å². The van der Waals surface area contributed by atoms with Crippen LogP contribution in [0.5, 0.6) is 0 Å². The van der Waals surface area contributed by atoms with E-state index in [9.17, 15) is 0 Å². The molecular formula is C48H46N4. The van der Waals surface area contributed by atoms with Crippen LogP contribution >= 0.6 is 0 Å². The first kappa shape index (κ1) is 38.3. The Morgan fingerprint density at radius 3 is 2.08 bits per heavy atom. The van der Waals surface area contributed by atoms with Gasteiger partial charge in [-0.15, -0.1) is 0 Å². The minimum Gasteiger partial charge on any atom is -0.300 e. The van der Waals surface area contributed by atoms with E-state index < -0.39 is 0 Å². The van der Waals surface area contributed by atoms with Crippen molar-refractivity contribution >= 4 is 58.7 Å². The first-order valence-electron chi connectivity index (χ1n) is 17.0. The minimum absolute atomic E-state index is 0.00437. The Kier molecular flexibility index (Phi) is 13.6. The summed E-state index contributed by atoms with van der Waals surface area (Å²) in [6.45, 7) is 27.9. The SMILES string of the molecule is C=Cc1ccc(/C=C\C(=N)C(=C)/C=C\C(=C)C(=C)/C=C\C(=C)C(=N)/N=C(\C=C\c2ccc3ccccc3c2)C2C=CC(C)=C(/C=C\C)C2)cc1N=C. The van der Waals surface area contributed by atoms with E-state index in [2.05, 4.69) is 112 Å². The Bertz CT molecular complexity index is 2220. The summed E-state index contributed by atoms with van der Waals surface area (Å²) in [5.74, 6) is 0.0732. The van der Waals surface area contributed by atoms with Crippen molar-refractivity contribution in [2.45, 2.75) is 20.3 Å². The van der Waals surface area contributed by atoms with E-state index in [1.807, 2.05) is 49.4 Å². The van der Waals surface area contributed by atoms with Gasteiger partial charge in [-0.1, -0.05) is 148 Å². The highest BCUT2D eigenvalue weighted by molar-refractivity contribution is 6.12. The Balaban J connectivity index is 1.44. The Labute approximate surface area is 309 Å². The highest BCUT2D eigenvalue weighted by Gasteiger charge is 2.18. The van der Waals surface area contributed by atoms with Crippen LogP contribution in [0.3, 0.4) is 0 Å². The fourth-order valence-electron chi connectivity index (χ4n) is 5.42. The molecule has 1 aliphatic rings. The van der Waals surface area contributed by atoms with Crippen LogP contribution in [0.25, 0.3) is 29.0 Å². The zero-order valence-corrected chi connectivity index (χ0v) is 30.2. The molecule has 4 rings (SSSR count). The van der Waals surface area contributed by atoms with Gasteiger partial charge in [0.25, 0.3) is 0 Å². The zero-order chi connectivity index (χ0) is 37.6. The third kappa shape index (κ3) is 10.5. The number of hydrogen-bond acceptors (Lipinski definition) is 3. The van der Waals surface area contributed by atoms with E-state index in [-0.39, 0.29) is 17.5 Å². The predicted molar refractivity (Wildman–Crippen MR) is 230 cm³/mol. The van der Waals surface area contributed by atoms with Gasteiger partial charge < -0.3 is 5.41 Å². The van der Waals surface area contributed by atoms with E-state index in [1.54, 1.807) is 36.5 Å². The highest BCUT2D eigenvalue weighted by atomic mass is 14.8. The number of aliphatic imine (C=N–C) groups is 2. The number of fused-ring (bicyclic) bond motifs is 1. The standard InChI is InChI=1S/C48H46N4/c1-9-13-42-32-44(25-20-35(42)5)46(29-24-38-22-27-41-14-11-12-15-43(41)30-38)52-48(50)37(7)19-17-34(4)33(3)16-18-36(6)45(49)28-23-39-21-26-40(10-2)47(31-39)51-8/h9-31,44,49-50H,2-4,6-8,32H2,1,5H3/b13-9-,18-16-,19-17-,28-23-,29-24+,49-45?,50-48?,52-46+. The van der Waals surface area contributed by atoms with Gasteiger partial charge in [0.15, 0.2) is 5.84 Å². The Hall–Kier alpha value is -6.52. The summed E-state index contributed by atoms with van der Waals surface area (Å²) in [5.41, 5.74) is 9.35. The molecule has 0 fully saturated rings. The average Bonchev–Trinajstić information content (AvgIpc) is 3.16. The van der Waals surface area contributed by atoms with E-state index in [1.165, 1.54) is 21.9 Å². The molecule has 0 heterocycles. The zero-order valence-electron chi connectivity index (χ0n) is 30.2. The van der Waals surface area contributed by atoms with E-state index in [0.717, 1.165) is 34.5 Å². The maximum Gasteiger partial charge on any atom is 0.151 e. The van der Waals surface area contributed by atoms with E-state index in [4.69, 9.17) is 15.8 Å². The van der Waals surface area contributed by atoms with Crippen LogP contribution in [0.1, 0.15) is 37.0 Å². The van der Waals surface area contributed by atoms with Crippen LogP contribution in [0.4, 0.5) is 5.69 Å². The monoisotopic (exact) mass is 678 g/mol. The number of hydrogen-bond donors (Lipinski definition) is 2. The van der Waals surface area contributed by atoms with Gasteiger partial charge in [0.2, 0.25) is 0 Å². The molecule has 1 unspecified atom stereocenters. The fraction of sp³-hybridized carbons (Fsp3) is 0.0833. The normalized spacial score (nSPS) is 15.0. The summed E-state index contributed by atoms with van der Waals surface area (Å²) in [6, 6.07) is 20.4. The molecule has 4 nitrogen and oxygen atoms in total. The lowest BCUT2D eigenvalue weighted by Crippen LogP contribution is -2.16. The topological polar surface area (TPSA) is 72.4 Å². The van der Waals surface area contributed by atoms with Gasteiger partial charge in [0.05, 0.1) is 17.1 Å². The molecule has 0 spiro atoms. The third-order valence-electron chi connectivity index (χ3n) is 8.65. The molecule has 0 bridgehead atoms. The Morgan fingerprint density at radius 2 is 1.38 bits per heavy atom. The van der Waals surface area contributed by atoms with Crippen LogP contribution in [0, 0.1) is 16.7 Å². The molecule has 3 aromatic rings. The van der Waals surface area contributed by atoms with E-state index in [0.29, 0.717) is 22.3 Å². The van der Waals surface area contributed by atoms with Gasteiger partial charge in [0, 0.05) is 11.5 Å². The minimum atomic E-state index is 0.00437. The maximum absolute atomic E-state index is 8.84. The van der Waals surface area contributed by atoms with Gasteiger partial charge in [-0.2, -0.15) is 0 Å². The van der Waals surface area contributed by atoms with Crippen molar-refractivity contribution in [1.82, 2.24) is 0 Å². The highest BCUT2D eigenvalue weighted by Crippen LogP contribution is 2.27. The molecule has 1 atom stereocenters. The van der Waals surface area contributed by atoms with Crippen LogP contribution < -0.4 is 0 Å². The summed E-state index contributed by atoms with van der Waals surface area (Å²) in [5, 5.41) is 19.6. The predicted octanol–water partition coefficient (Wildman–Crippen LogP) is 12.8. The number of benzene rings is 3. The summed E-state index contributed by atoms with van der Waals surface area (Å²) >= 11 is 0. The molecule has 0 amide bonds. The quantitative estimate of drug-likeness (QED) is 0.0912. The summed E-state index contributed by atoms with van der Waals surface area (Å²) in [7, 11) is 0. The molecule has 3 aromatic carbocycles. The summed E-state index contributed by atoms with van der Waals surface area (Å²) in [4.78, 5) is 8.84. The molecule has 0 saturated carbocycles. The van der Waals surface area contributed by atoms with Gasteiger partial charge in [0.1, 0.15) is 0 Å². The number of nitrogens with one attached hydrogen (secondary N) is 2. The molecule has 258 valence electrons. The maximum atomic E-state index is 8.84. The molecule has 0 aliphatic heterocycles. The molecule has 0 saturated heterocycles. The van der Waals surface area contributed by atoms with Gasteiger partial charge in [-0.3, -0.25) is 10.4 Å². The van der Waals surface area contributed by atoms with Crippen molar-refractivity contribution in [3.63, 3.8) is 0 Å². The van der Waals surface area contributed by atoms with Gasteiger partial charge in [-0.05, 0) is 107 Å². The first-order chi connectivity index (χ1) is 25.0. The lowest BCUT2D eigenvalue weighted by Gasteiger charge is -2.20. The molecule has 0 aromatic heterocycles. The van der Waals surface area contributed by atoms with Crippen molar-refractivity contribution in [2.24, 2.45) is 15.9 Å². The fourth-order valence-corrected chi connectivity index (χ4v) is 5.42.